The summed E-state index contributed by atoms with van der Waals surface area (Å²) in [6, 6.07) is 0. The number of esters is 1. The lowest BCUT2D eigenvalue weighted by Crippen LogP contribution is -2.49. The molecule has 7 heteroatoms. The fourth-order valence-corrected chi connectivity index (χ4v) is 3.24. The van der Waals surface area contributed by atoms with Crippen LogP contribution in [0.4, 0.5) is 0 Å². The van der Waals surface area contributed by atoms with Crippen LogP contribution in [0, 0.1) is 0 Å². The van der Waals surface area contributed by atoms with E-state index in [2.05, 4.69) is 39.0 Å². The van der Waals surface area contributed by atoms with E-state index in [-0.39, 0.29) is 23.8 Å². The van der Waals surface area contributed by atoms with E-state index >= 15 is 0 Å². The van der Waals surface area contributed by atoms with Crippen molar-refractivity contribution < 1.29 is 23.9 Å². The van der Waals surface area contributed by atoms with E-state index < -0.39 is 26.0 Å². The summed E-state index contributed by atoms with van der Waals surface area (Å²) in [5.74, 6) is 0.108. The summed E-state index contributed by atoms with van der Waals surface area (Å²) in [4.78, 5) is 17.1. The first-order chi connectivity index (χ1) is 11.0. The predicted octanol–water partition coefficient (Wildman–Crippen LogP) is 2.90. The van der Waals surface area contributed by atoms with Gasteiger partial charge in [-0.05, 0) is 37.2 Å². The van der Waals surface area contributed by atoms with Crippen LogP contribution in [0.3, 0.4) is 0 Å². The van der Waals surface area contributed by atoms with Crippen molar-refractivity contribution in [3.8, 4) is 0 Å². The lowest BCUT2D eigenvalue weighted by atomic mass is 9.86. The van der Waals surface area contributed by atoms with E-state index in [4.69, 9.17) is 14.0 Å². The number of carbonyl (C=O) groups is 1. The second-order valence-electron chi connectivity index (χ2n) is 7.72. The zero-order chi connectivity index (χ0) is 18.2. The predicted molar refractivity (Wildman–Crippen MR) is 94.0 cm³/mol. The fraction of sp³-hybridized carbons (Fsp3) is 0.647. The largest absolute Gasteiger partial charge is 0.544 e. The molecule has 2 atom stereocenters. The number of rotatable bonds is 4. The Morgan fingerprint density at radius 1 is 1.50 bits per heavy atom. The van der Waals surface area contributed by atoms with Gasteiger partial charge in [-0.15, -0.1) is 0 Å². The number of fused-ring (bicyclic) bond motifs is 1. The van der Waals surface area contributed by atoms with E-state index in [0.29, 0.717) is 5.76 Å². The van der Waals surface area contributed by atoms with Gasteiger partial charge in [-0.2, -0.15) is 0 Å². The molecule has 6 nitrogen and oxygen atoms in total. The Morgan fingerprint density at radius 3 is 2.75 bits per heavy atom. The topological polar surface area (TPSA) is 77.4 Å². The van der Waals surface area contributed by atoms with Crippen LogP contribution in [0.15, 0.2) is 29.1 Å². The molecule has 0 radical (unpaired) electrons. The SMILES string of the molecule is CCOC(=O)C1=NO[C@H]2C=C(O[Si](C)(C)C(C)(C)C)C=C[C@@]2(O)C1. The van der Waals surface area contributed by atoms with Crippen LogP contribution in [0.25, 0.3) is 0 Å². The maximum absolute atomic E-state index is 11.8. The first-order valence-corrected chi connectivity index (χ1v) is 11.1. The average molecular weight is 353 g/mol. The van der Waals surface area contributed by atoms with Crippen LogP contribution >= 0.6 is 0 Å². The van der Waals surface area contributed by atoms with Gasteiger partial charge in [0.2, 0.25) is 8.32 Å². The second-order valence-corrected chi connectivity index (χ2v) is 12.4. The smallest absolute Gasteiger partial charge is 0.356 e. The lowest BCUT2D eigenvalue weighted by molar-refractivity contribution is -0.137. The van der Waals surface area contributed by atoms with Crippen molar-refractivity contribution >= 4 is 20.0 Å². The number of aliphatic hydroxyl groups is 1. The summed E-state index contributed by atoms with van der Waals surface area (Å²) in [7, 11) is -1.98. The Morgan fingerprint density at radius 2 is 2.17 bits per heavy atom. The zero-order valence-electron chi connectivity index (χ0n) is 15.3. The van der Waals surface area contributed by atoms with Crippen LogP contribution in [0.2, 0.25) is 18.1 Å². The highest BCUT2D eigenvalue weighted by atomic mass is 28.4. The van der Waals surface area contributed by atoms with E-state index in [1.807, 2.05) is 0 Å². The van der Waals surface area contributed by atoms with Crippen molar-refractivity contribution in [3.05, 3.63) is 24.0 Å². The van der Waals surface area contributed by atoms with Gasteiger partial charge in [-0.1, -0.05) is 25.9 Å². The Kier molecular flexibility index (Phi) is 4.97. The van der Waals surface area contributed by atoms with Gasteiger partial charge in [0.25, 0.3) is 0 Å². The minimum absolute atomic E-state index is 0.0525. The molecule has 2 aliphatic rings. The van der Waals surface area contributed by atoms with Crippen LogP contribution in [-0.4, -0.2) is 43.4 Å². The van der Waals surface area contributed by atoms with Gasteiger partial charge >= 0.3 is 5.97 Å². The highest BCUT2D eigenvalue weighted by Crippen LogP contribution is 2.40. The molecule has 24 heavy (non-hydrogen) atoms. The summed E-state index contributed by atoms with van der Waals surface area (Å²) in [6.07, 6.45) is 4.46. The van der Waals surface area contributed by atoms with Gasteiger partial charge in [0.1, 0.15) is 11.4 Å². The summed E-state index contributed by atoms with van der Waals surface area (Å²) in [6.45, 7) is 12.8. The third-order valence-corrected chi connectivity index (χ3v) is 9.12. The van der Waals surface area contributed by atoms with E-state index in [0.717, 1.165) is 0 Å². The van der Waals surface area contributed by atoms with Crippen molar-refractivity contribution in [1.29, 1.82) is 0 Å². The third kappa shape index (κ3) is 3.72. The maximum atomic E-state index is 11.8. The number of oxime groups is 1. The van der Waals surface area contributed by atoms with Gasteiger partial charge in [-0.3, -0.25) is 0 Å². The number of ether oxygens (including phenoxy) is 1. The van der Waals surface area contributed by atoms with E-state index in [1.54, 1.807) is 25.2 Å². The van der Waals surface area contributed by atoms with E-state index in [1.165, 1.54) is 0 Å². The quantitative estimate of drug-likeness (QED) is 0.621. The molecule has 0 saturated carbocycles. The van der Waals surface area contributed by atoms with Crippen molar-refractivity contribution in [2.45, 2.75) is 64.0 Å². The van der Waals surface area contributed by atoms with Gasteiger partial charge in [0.05, 0.1) is 6.61 Å². The average Bonchev–Trinajstić information content (AvgIpc) is 2.45. The monoisotopic (exact) mass is 353 g/mol. The van der Waals surface area contributed by atoms with Gasteiger partial charge in [0.15, 0.2) is 11.8 Å². The molecular weight excluding hydrogens is 326 g/mol. The van der Waals surface area contributed by atoms with E-state index in [9.17, 15) is 9.90 Å². The van der Waals surface area contributed by atoms with Crippen LogP contribution in [0.5, 0.6) is 0 Å². The van der Waals surface area contributed by atoms with Gasteiger partial charge in [0, 0.05) is 12.5 Å². The van der Waals surface area contributed by atoms with Crippen molar-refractivity contribution in [2.24, 2.45) is 5.16 Å². The molecule has 1 aliphatic heterocycles. The molecule has 1 aliphatic carbocycles. The standard InChI is InChI=1S/C17H27NO5Si/c1-7-21-15(19)13-11-17(20)9-8-12(10-14(17)22-18-13)23-24(5,6)16(2,3)4/h8-10,14,20H,7,11H2,1-6H3/t14-,17+/m0/s1. The number of hydrogen-bond acceptors (Lipinski definition) is 6. The molecule has 0 amide bonds. The molecule has 134 valence electrons. The van der Waals surface area contributed by atoms with Crippen LogP contribution in [-0.2, 0) is 18.8 Å². The van der Waals surface area contributed by atoms with Crippen molar-refractivity contribution in [3.63, 3.8) is 0 Å². The first-order valence-electron chi connectivity index (χ1n) is 8.21. The highest BCUT2D eigenvalue weighted by molar-refractivity contribution is 6.74. The Labute approximate surface area is 144 Å². The third-order valence-electron chi connectivity index (χ3n) is 4.76. The fourth-order valence-electron chi connectivity index (χ4n) is 2.21. The zero-order valence-corrected chi connectivity index (χ0v) is 16.3. The Hall–Kier alpha value is -1.60. The van der Waals surface area contributed by atoms with Crippen molar-refractivity contribution in [1.82, 2.24) is 0 Å². The normalized spacial score (nSPS) is 26.7. The molecule has 0 bridgehead atoms. The Bertz CT molecular complexity index is 603. The Balaban J connectivity index is 2.16. The van der Waals surface area contributed by atoms with Gasteiger partial charge in [-0.25, -0.2) is 4.79 Å². The molecule has 0 aromatic heterocycles. The minimum Gasteiger partial charge on any atom is -0.544 e. The number of allylic oxidation sites excluding steroid dienone is 1. The molecule has 1 heterocycles. The summed E-state index contributed by atoms with van der Waals surface area (Å²) >= 11 is 0. The molecule has 1 N–H and O–H groups in total. The molecule has 0 saturated heterocycles. The molecule has 0 fully saturated rings. The summed E-state index contributed by atoms with van der Waals surface area (Å²) in [5.41, 5.74) is -1.23. The molecule has 0 unspecified atom stereocenters. The lowest BCUT2D eigenvalue weighted by Gasteiger charge is -2.40. The molecular formula is C17H27NO5Si. The first kappa shape index (κ1) is 18.7. The minimum atomic E-state index is -1.98. The van der Waals surface area contributed by atoms with Crippen LogP contribution < -0.4 is 0 Å². The molecule has 0 aromatic carbocycles. The molecule has 0 spiro atoms. The van der Waals surface area contributed by atoms with Gasteiger partial charge < -0.3 is 19.1 Å². The summed E-state index contributed by atoms with van der Waals surface area (Å²) < 4.78 is 11.1. The molecule has 2 rings (SSSR count). The number of nitrogens with zero attached hydrogens (tertiary/aromatic N) is 1. The number of carbonyl (C=O) groups excluding carboxylic acids is 1. The maximum Gasteiger partial charge on any atom is 0.356 e. The van der Waals surface area contributed by atoms with Crippen molar-refractivity contribution in [2.75, 3.05) is 6.61 Å². The second kappa shape index (κ2) is 6.37. The highest BCUT2D eigenvalue weighted by Gasteiger charge is 2.45. The van der Waals surface area contributed by atoms with Crippen LogP contribution in [0.1, 0.15) is 34.1 Å². The molecule has 0 aromatic rings. The summed E-state index contributed by atoms with van der Waals surface area (Å²) in [5, 5.41) is 14.6. The number of hydrogen-bond donors (Lipinski definition) is 1.